The Bertz CT molecular complexity index is 384. The number of hydrogen-bond acceptors (Lipinski definition) is 3. The molecule has 0 saturated carbocycles. The highest BCUT2D eigenvalue weighted by Gasteiger charge is 2.23. The summed E-state index contributed by atoms with van der Waals surface area (Å²) in [5, 5.41) is 0. The molecule has 1 fully saturated rings. The molecule has 1 aliphatic rings. The maximum atomic E-state index is 5.96. The normalized spacial score (nSPS) is 19.4. The average molecular weight is 298 g/mol. The summed E-state index contributed by atoms with van der Waals surface area (Å²) in [5.74, 6) is 1.79. The molecule has 0 aromatic carbocycles. The van der Waals surface area contributed by atoms with Crippen molar-refractivity contribution in [3.63, 3.8) is 0 Å². The van der Waals surface area contributed by atoms with E-state index in [0.29, 0.717) is 12.0 Å². The third kappa shape index (κ3) is 2.99. The molecular weight excluding hydrogens is 278 g/mol. The quantitative estimate of drug-likeness (QED) is 0.913. The molecule has 2 N–H and O–H groups in total. The molecule has 2 heterocycles. The molecule has 0 spiro atoms. The maximum Gasteiger partial charge on any atom is 0.131 e. The molecule has 94 valence electrons. The monoisotopic (exact) mass is 297 g/mol. The standard InChI is InChI=1S/C13H20BrN3/c1-9-7-12(14)8-16-13(9)17-5-3-11(4-6-17)10(2)15/h7-8,10-11H,3-6,15H2,1-2H3. The van der Waals surface area contributed by atoms with Gasteiger partial charge >= 0.3 is 0 Å². The second kappa shape index (κ2) is 5.36. The molecule has 0 bridgehead atoms. The van der Waals surface area contributed by atoms with E-state index in [2.05, 4.69) is 45.7 Å². The van der Waals surface area contributed by atoms with Gasteiger partial charge in [0.15, 0.2) is 0 Å². The fourth-order valence-corrected chi connectivity index (χ4v) is 2.95. The summed E-state index contributed by atoms with van der Waals surface area (Å²) >= 11 is 3.45. The van der Waals surface area contributed by atoms with Crippen LogP contribution in [0.25, 0.3) is 0 Å². The second-order valence-electron chi connectivity index (χ2n) is 4.98. The van der Waals surface area contributed by atoms with Gasteiger partial charge in [0.25, 0.3) is 0 Å². The fourth-order valence-electron chi connectivity index (χ4n) is 2.50. The third-order valence-electron chi connectivity index (χ3n) is 3.60. The van der Waals surface area contributed by atoms with Crippen molar-refractivity contribution in [3.05, 3.63) is 22.3 Å². The van der Waals surface area contributed by atoms with Crippen molar-refractivity contribution in [2.75, 3.05) is 18.0 Å². The zero-order valence-electron chi connectivity index (χ0n) is 10.5. The van der Waals surface area contributed by atoms with E-state index in [1.807, 2.05) is 6.20 Å². The lowest BCUT2D eigenvalue weighted by molar-refractivity contribution is 0.353. The molecule has 1 aromatic heterocycles. The Labute approximate surface area is 112 Å². The largest absolute Gasteiger partial charge is 0.356 e. The van der Waals surface area contributed by atoms with Crippen molar-refractivity contribution in [1.29, 1.82) is 0 Å². The van der Waals surface area contributed by atoms with Crippen molar-refractivity contribution in [3.8, 4) is 0 Å². The van der Waals surface area contributed by atoms with Crippen LogP contribution in [0.2, 0.25) is 0 Å². The first-order valence-electron chi connectivity index (χ1n) is 6.20. The SMILES string of the molecule is Cc1cc(Br)cnc1N1CCC(C(C)N)CC1. The van der Waals surface area contributed by atoms with Crippen LogP contribution in [0.15, 0.2) is 16.7 Å². The first-order chi connectivity index (χ1) is 8.08. The van der Waals surface area contributed by atoms with Crippen molar-refractivity contribution in [1.82, 2.24) is 4.98 Å². The molecule has 1 aliphatic heterocycles. The van der Waals surface area contributed by atoms with Gasteiger partial charge in [0.2, 0.25) is 0 Å². The summed E-state index contributed by atoms with van der Waals surface area (Å²) in [6.07, 6.45) is 4.23. The van der Waals surface area contributed by atoms with Gasteiger partial charge in [0.1, 0.15) is 5.82 Å². The predicted octanol–water partition coefficient (Wildman–Crippen LogP) is 2.72. The zero-order chi connectivity index (χ0) is 12.4. The van der Waals surface area contributed by atoms with Gasteiger partial charge < -0.3 is 10.6 Å². The van der Waals surface area contributed by atoms with E-state index in [9.17, 15) is 0 Å². The van der Waals surface area contributed by atoms with Crippen molar-refractivity contribution >= 4 is 21.7 Å². The van der Waals surface area contributed by atoms with E-state index in [4.69, 9.17) is 5.73 Å². The highest BCUT2D eigenvalue weighted by atomic mass is 79.9. The minimum atomic E-state index is 0.316. The number of aromatic nitrogens is 1. The number of nitrogens with two attached hydrogens (primary N) is 1. The molecule has 17 heavy (non-hydrogen) atoms. The molecule has 0 amide bonds. The molecule has 0 aliphatic carbocycles. The lowest BCUT2D eigenvalue weighted by Gasteiger charge is -2.35. The van der Waals surface area contributed by atoms with Gasteiger partial charge in [-0.15, -0.1) is 0 Å². The summed E-state index contributed by atoms with van der Waals surface area (Å²) in [4.78, 5) is 6.89. The summed E-state index contributed by atoms with van der Waals surface area (Å²) in [6, 6.07) is 2.44. The van der Waals surface area contributed by atoms with Gasteiger partial charge in [-0.3, -0.25) is 0 Å². The van der Waals surface area contributed by atoms with Crippen LogP contribution in [0, 0.1) is 12.8 Å². The summed E-state index contributed by atoms with van der Waals surface area (Å²) in [7, 11) is 0. The third-order valence-corrected chi connectivity index (χ3v) is 4.03. The summed E-state index contributed by atoms with van der Waals surface area (Å²) in [5.41, 5.74) is 7.20. The van der Waals surface area contributed by atoms with Gasteiger partial charge in [0.05, 0.1) is 0 Å². The van der Waals surface area contributed by atoms with Crippen LogP contribution < -0.4 is 10.6 Å². The van der Waals surface area contributed by atoms with E-state index in [-0.39, 0.29) is 0 Å². The summed E-state index contributed by atoms with van der Waals surface area (Å²) in [6.45, 7) is 6.37. The van der Waals surface area contributed by atoms with Gasteiger partial charge in [-0.05, 0) is 60.2 Å². The first-order valence-corrected chi connectivity index (χ1v) is 7.00. The molecule has 2 rings (SSSR count). The highest BCUT2D eigenvalue weighted by molar-refractivity contribution is 9.10. The molecule has 1 aromatic rings. The van der Waals surface area contributed by atoms with Crippen molar-refractivity contribution in [2.45, 2.75) is 32.7 Å². The van der Waals surface area contributed by atoms with Gasteiger partial charge in [0, 0.05) is 29.8 Å². The molecule has 1 atom stereocenters. The molecule has 4 heteroatoms. The van der Waals surface area contributed by atoms with E-state index < -0.39 is 0 Å². The Morgan fingerprint density at radius 2 is 2.12 bits per heavy atom. The van der Waals surface area contributed by atoms with E-state index >= 15 is 0 Å². The number of piperidine rings is 1. The van der Waals surface area contributed by atoms with Crippen molar-refractivity contribution < 1.29 is 0 Å². The van der Waals surface area contributed by atoms with Crippen LogP contribution in [-0.4, -0.2) is 24.1 Å². The topological polar surface area (TPSA) is 42.2 Å². The highest BCUT2D eigenvalue weighted by Crippen LogP contribution is 2.26. The molecular formula is C13H20BrN3. The first kappa shape index (κ1) is 12.8. The molecule has 1 unspecified atom stereocenters. The Morgan fingerprint density at radius 1 is 1.47 bits per heavy atom. The Kier molecular flexibility index (Phi) is 4.05. The number of anilines is 1. The lowest BCUT2D eigenvalue weighted by atomic mass is 9.91. The van der Waals surface area contributed by atoms with Crippen LogP contribution in [0.4, 0.5) is 5.82 Å². The van der Waals surface area contributed by atoms with Crippen LogP contribution in [-0.2, 0) is 0 Å². The maximum absolute atomic E-state index is 5.96. The minimum Gasteiger partial charge on any atom is -0.356 e. The average Bonchev–Trinajstić information content (AvgIpc) is 2.29. The number of rotatable bonds is 2. The summed E-state index contributed by atoms with van der Waals surface area (Å²) < 4.78 is 1.05. The Balaban J connectivity index is 2.05. The predicted molar refractivity (Wildman–Crippen MR) is 75.3 cm³/mol. The number of nitrogens with zero attached hydrogens (tertiary/aromatic N) is 2. The number of halogens is 1. The van der Waals surface area contributed by atoms with Gasteiger partial charge in [-0.25, -0.2) is 4.98 Å². The number of pyridine rings is 1. The fraction of sp³-hybridized carbons (Fsp3) is 0.615. The molecule has 0 radical (unpaired) electrons. The van der Waals surface area contributed by atoms with Crippen LogP contribution in [0.3, 0.4) is 0 Å². The van der Waals surface area contributed by atoms with E-state index in [0.717, 1.165) is 23.4 Å². The number of aryl methyl sites for hydroxylation is 1. The number of hydrogen-bond donors (Lipinski definition) is 1. The van der Waals surface area contributed by atoms with Crippen LogP contribution >= 0.6 is 15.9 Å². The van der Waals surface area contributed by atoms with Gasteiger partial charge in [-0.1, -0.05) is 0 Å². The Hall–Kier alpha value is -0.610. The molecule has 3 nitrogen and oxygen atoms in total. The van der Waals surface area contributed by atoms with Crippen LogP contribution in [0.1, 0.15) is 25.3 Å². The van der Waals surface area contributed by atoms with Crippen LogP contribution in [0.5, 0.6) is 0 Å². The minimum absolute atomic E-state index is 0.316. The van der Waals surface area contributed by atoms with Crippen molar-refractivity contribution in [2.24, 2.45) is 11.7 Å². The smallest absolute Gasteiger partial charge is 0.131 e. The van der Waals surface area contributed by atoms with Gasteiger partial charge in [-0.2, -0.15) is 0 Å². The van der Waals surface area contributed by atoms with E-state index in [1.165, 1.54) is 18.4 Å². The molecule has 1 saturated heterocycles. The second-order valence-corrected chi connectivity index (χ2v) is 5.89. The lowest BCUT2D eigenvalue weighted by Crippen LogP contribution is -2.40. The Morgan fingerprint density at radius 3 is 2.65 bits per heavy atom. The zero-order valence-corrected chi connectivity index (χ0v) is 12.1. The van der Waals surface area contributed by atoms with E-state index in [1.54, 1.807) is 0 Å².